The summed E-state index contributed by atoms with van der Waals surface area (Å²) in [7, 11) is 0. The van der Waals surface area contributed by atoms with Crippen LogP contribution in [0.4, 0.5) is 5.13 Å². The van der Waals surface area contributed by atoms with Crippen LogP contribution in [0.25, 0.3) is 0 Å². The summed E-state index contributed by atoms with van der Waals surface area (Å²) in [6.45, 7) is 0. The molecule has 3 aromatic rings. The van der Waals surface area contributed by atoms with Crippen molar-refractivity contribution in [2.75, 3.05) is 5.32 Å². The Morgan fingerprint density at radius 2 is 1.79 bits per heavy atom. The van der Waals surface area contributed by atoms with E-state index in [9.17, 15) is 4.79 Å². The predicted octanol–water partition coefficient (Wildman–Crippen LogP) is 5.95. The number of nitrogens with one attached hydrogen (secondary N) is 1. The second-order valence-electron chi connectivity index (χ2n) is 5.02. The monoisotopic (exact) mass is 396 g/mol. The lowest BCUT2D eigenvalue weighted by Gasteiger charge is -2.03. The molecular weight excluding hydrogens is 387 g/mol. The Labute approximate surface area is 158 Å². The molecule has 0 atom stereocenters. The second-order valence-corrected chi connectivity index (χ2v) is 7.38. The third-order valence-corrected chi connectivity index (χ3v) is 5.15. The molecule has 0 saturated carbocycles. The Hall–Kier alpha value is -1.59. The van der Waals surface area contributed by atoms with Crippen LogP contribution >= 0.6 is 46.1 Å². The molecule has 0 aliphatic rings. The molecular formula is C17H11Cl3N2OS. The van der Waals surface area contributed by atoms with Crippen molar-refractivity contribution in [3.63, 3.8) is 0 Å². The van der Waals surface area contributed by atoms with Crippen LogP contribution in [0, 0.1) is 0 Å². The van der Waals surface area contributed by atoms with Gasteiger partial charge in [-0.3, -0.25) is 10.1 Å². The number of hydrogen-bond donors (Lipinski definition) is 1. The van der Waals surface area contributed by atoms with Gasteiger partial charge in [-0.25, -0.2) is 4.98 Å². The predicted molar refractivity (Wildman–Crippen MR) is 101 cm³/mol. The normalized spacial score (nSPS) is 10.6. The molecule has 1 heterocycles. The average Bonchev–Trinajstić information content (AvgIpc) is 2.99. The van der Waals surface area contributed by atoms with Crippen LogP contribution in [0.1, 0.15) is 20.8 Å². The number of hydrogen-bond acceptors (Lipinski definition) is 3. The van der Waals surface area contributed by atoms with Gasteiger partial charge >= 0.3 is 0 Å². The lowest BCUT2D eigenvalue weighted by atomic mass is 10.1. The van der Waals surface area contributed by atoms with Crippen molar-refractivity contribution in [2.24, 2.45) is 0 Å². The summed E-state index contributed by atoms with van der Waals surface area (Å²) in [5.74, 6) is -0.277. The first kappa shape index (κ1) is 17.2. The number of rotatable bonds is 4. The van der Waals surface area contributed by atoms with Gasteiger partial charge < -0.3 is 0 Å². The van der Waals surface area contributed by atoms with Crippen molar-refractivity contribution < 1.29 is 4.79 Å². The highest BCUT2D eigenvalue weighted by Gasteiger charge is 2.11. The maximum Gasteiger partial charge on any atom is 0.257 e. The molecule has 122 valence electrons. The lowest BCUT2D eigenvalue weighted by molar-refractivity contribution is 0.102. The zero-order chi connectivity index (χ0) is 17.1. The molecule has 0 bridgehead atoms. The minimum absolute atomic E-state index is 0.277. The smallest absolute Gasteiger partial charge is 0.257 e. The fourth-order valence-corrected chi connectivity index (χ4v) is 3.32. The SMILES string of the molecule is O=C(Nc1ncc(Cc2ccc(Cl)cc2)s1)c1ccc(Cl)c(Cl)c1. The number of carbonyl (C=O) groups is 1. The number of aromatic nitrogens is 1. The van der Waals surface area contributed by atoms with E-state index in [-0.39, 0.29) is 5.91 Å². The summed E-state index contributed by atoms with van der Waals surface area (Å²) < 4.78 is 0. The molecule has 0 radical (unpaired) electrons. The Balaban J connectivity index is 1.68. The van der Waals surface area contributed by atoms with Crippen molar-refractivity contribution in [2.45, 2.75) is 6.42 Å². The molecule has 0 fully saturated rings. The van der Waals surface area contributed by atoms with E-state index in [1.54, 1.807) is 18.3 Å². The largest absolute Gasteiger partial charge is 0.298 e. The van der Waals surface area contributed by atoms with Gasteiger partial charge in [0.1, 0.15) is 0 Å². The highest BCUT2D eigenvalue weighted by molar-refractivity contribution is 7.15. The summed E-state index contributed by atoms with van der Waals surface area (Å²) in [4.78, 5) is 17.5. The number of nitrogens with zero attached hydrogens (tertiary/aromatic N) is 1. The maximum absolute atomic E-state index is 12.2. The first-order valence-electron chi connectivity index (χ1n) is 6.97. The van der Waals surface area contributed by atoms with Gasteiger partial charge in [0.25, 0.3) is 5.91 Å². The van der Waals surface area contributed by atoms with Crippen LogP contribution in [-0.2, 0) is 6.42 Å². The van der Waals surface area contributed by atoms with Crippen molar-refractivity contribution in [1.82, 2.24) is 4.98 Å². The van der Waals surface area contributed by atoms with Gasteiger partial charge in [-0.05, 0) is 35.9 Å². The maximum atomic E-state index is 12.2. The van der Waals surface area contributed by atoms with Gasteiger partial charge in [-0.1, -0.05) is 46.9 Å². The van der Waals surface area contributed by atoms with Crippen LogP contribution in [-0.4, -0.2) is 10.9 Å². The van der Waals surface area contributed by atoms with Crippen LogP contribution in [0.5, 0.6) is 0 Å². The fraction of sp³-hybridized carbons (Fsp3) is 0.0588. The summed E-state index contributed by atoms with van der Waals surface area (Å²) in [5, 5.41) is 4.76. The average molecular weight is 398 g/mol. The lowest BCUT2D eigenvalue weighted by Crippen LogP contribution is -2.11. The van der Waals surface area contributed by atoms with Crippen molar-refractivity contribution in [3.8, 4) is 0 Å². The minimum atomic E-state index is -0.277. The summed E-state index contributed by atoms with van der Waals surface area (Å²) in [6, 6.07) is 12.4. The van der Waals surface area contributed by atoms with Gasteiger partial charge in [0.05, 0.1) is 10.0 Å². The zero-order valence-corrected chi connectivity index (χ0v) is 15.3. The first-order chi connectivity index (χ1) is 11.5. The van der Waals surface area contributed by atoms with Crippen molar-refractivity contribution in [3.05, 3.63) is 79.7 Å². The van der Waals surface area contributed by atoms with Gasteiger partial charge in [0, 0.05) is 28.1 Å². The molecule has 1 N–H and O–H groups in total. The van der Waals surface area contributed by atoms with E-state index < -0.39 is 0 Å². The number of halogens is 3. The summed E-state index contributed by atoms with van der Waals surface area (Å²) in [6.07, 6.45) is 2.49. The Kier molecular flexibility index (Phi) is 5.41. The Morgan fingerprint density at radius 3 is 2.50 bits per heavy atom. The number of thiazole rings is 1. The van der Waals surface area contributed by atoms with Crippen molar-refractivity contribution >= 4 is 57.2 Å². The van der Waals surface area contributed by atoms with Crippen LogP contribution < -0.4 is 5.32 Å². The zero-order valence-electron chi connectivity index (χ0n) is 12.2. The van der Waals surface area contributed by atoms with E-state index in [0.29, 0.717) is 25.8 Å². The van der Waals surface area contributed by atoms with Gasteiger partial charge in [0.15, 0.2) is 5.13 Å². The van der Waals surface area contributed by atoms with E-state index in [2.05, 4.69) is 10.3 Å². The van der Waals surface area contributed by atoms with Crippen LogP contribution in [0.15, 0.2) is 48.7 Å². The van der Waals surface area contributed by atoms with Gasteiger partial charge in [0.2, 0.25) is 0 Å². The highest BCUT2D eigenvalue weighted by Crippen LogP contribution is 2.25. The molecule has 0 saturated heterocycles. The molecule has 2 aromatic carbocycles. The quantitative estimate of drug-likeness (QED) is 0.591. The standard InChI is InChI=1S/C17H11Cl3N2OS/c18-12-4-1-10(2-5-12)7-13-9-21-17(24-13)22-16(23)11-3-6-14(19)15(20)8-11/h1-6,8-9H,7H2,(H,21,22,23). The van der Waals surface area contributed by atoms with E-state index in [0.717, 1.165) is 16.9 Å². The van der Waals surface area contributed by atoms with E-state index in [1.165, 1.54) is 17.4 Å². The molecule has 7 heteroatoms. The molecule has 1 aromatic heterocycles. The van der Waals surface area contributed by atoms with E-state index >= 15 is 0 Å². The molecule has 0 unspecified atom stereocenters. The number of amides is 1. The van der Waals surface area contributed by atoms with Gasteiger partial charge in [-0.2, -0.15) is 0 Å². The highest BCUT2D eigenvalue weighted by atomic mass is 35.5. The number of benzene rings is 2. The Morgan fingerprint density at radius 1 is 1.04 bits per heavy atom. The molecule has 3 nitrogen and oxygen atoms in total. The number of anilines is 1. The molecule has 1 amide bonds. The third kappa shape index (κ3) is 4.28. The van der Waals surface area contributed by atoms with E-state index in [4.69, 9.17) is 34.8 Å². The van der Waals surface area contributed by atoms with E-state index in [1.807, 2.05) is 24.3 Å². The molecule has 3 rings (SSSR count). The number of carbonyl (C=O) groups excluding carboxylic acids is 1. The van der Waals surface area contributed by atoms with Gasteiger partial charge in [-0.15, -0.1) is 11.3 Å². The van der Waals surface area contributed by atoms with Crippen molar-refractivity contribution in [1.29, 1.82) is 0 Å². The Bertz CT molecular complexity index is 878. The molecule has 24 heavy (non-hydrogen) atoms. The topological polar surface area (TPSA) is 42.0 Å². The van der Waals surface area contributed by atoms with Crippen LogP contribution in [0.2, 0.25) is 15.1 Å². The molecule has 0 aliphatic carbocycles. The molecule has 0 spiro atoms. The summed E-state index contributed by atoms with van der Waals surface area (Å²) in [5.41, 5.74) is 1.56. The third-order valence-electron chi connectivity index (χ3n) is 3.25. The summed E-state index contributed by atoms with van der Waals surface area (Å²) >= 11 is 19.1. The first-order valence-corrected chi connectivity index (χ1v) is 8.92. The molecule has 0 aliphatic heterocycles. The van der Waals surface area contributed by atoms with Crippen LogP contribution in [0.3, 0.4) is 0 Å². The second kappa shape index (κ2) is 7.53. The fourth-order valence-electron chi connectivity index (χ4n) is 2.06. The minimum Gasteiger partial charge on any atom is -0.298 e.